The van der Waals surface area contributed by atoms with Gasteiger partial charge in [0.05, 0.1) is 34.6 Å². The summed E-state index contributed by atoms with van der Waals surface area (Å²) in [6, 6.07) is 18.1. The lowest BCUT2D eigenvalue weighted by molar-refractivity contribution is -0.119. The average molecular weight is 686 g/mol. The van der Waals surface area contributed by atoms with Gasteiger partial charge < -0.3 is 30.0 Å². The summed E-state index contributed by atoms with van der Waals surface area (Å²) >= 11 is 14.2. The molecule has 1 amide bonds. The Balaban J connectivity index is 1.12. The normalized spacial score (nSPS) is 17.5. The molecule has 5 heterocycles. The predicted molar refractivity (Wildman–Crippen MR) is 190 cm³/mol. The maximum atomic E-state index is 11.5. The lowest BCUT2D eigenvalue weighted by atomic mass is 9.99. The first kappa shape index (κ1) is 32.6. The molecule has 0 spiro atoms. The van der Waals surface area contributed by atoms with Crippen molar-refractivity contribution in [2.24, 2.45) is 7.05 Å². The summed E-state index contributed by atoms with van der Waals surface area (Å²) in [6.45, 7) is 3.77. The van der Waals surface area contributed by atoms with Gasteiger partial charge in [0.25, 0.3) is 0 Å². The van der Waals surface area contributed by atoms with Crippen molar-refractivity contribution in [2.45, 2.75) is 44.5 Å². The van der Waals surface area contributed by atoms with Crippen LogP contribution in [0.4, 0.5) is 0 Å². The molecule has 0 radical (unpaired) electrons. The number of fused-ring (bicyclic) bond motifs is 1. The van der Waals surface area contributed by atoms with Crippen molar-refractivity contribution in [3.63, 3.8) is 0 Å². The van der Waals surface area contributed by atoms with Gasteiger partial charge in [-0.05, 0) is 42.7 Å². The number of nitrogens with zero attached hydrogens (tertiary/aromatic N) is 3. The van der Waals surface area contributed by atoms with Gasteiger partial charge in [-0.25, -0.2) is 4.98 Å². The number of aryl methyl sites for hydroxylation is 1. The standard InChI is InChI=1S/C37H38Cl2N6O3/c1-45-21-24(18-41-20-26-13-15-48-26)27-9-10-31(44-37(27)45)30-5-3-4-28(34(30)38)29-12-14-42-36(35(29)39)22-6-7-23(32(16-22)47-2)17-40-19-25-8-11-33(46)43-25/h3-7,9-10,12,14,16,21,25-26,40-41H,8,11,13,15,17-20H2,1-2H3,(H,43,46)/t25-,26-/m1/s1. The second kappa shape index (κ2) is 14.2. The first-order chi connectivity index (χ1) is 23.4. The number of ether oxygens (including phenoxy) is 2. The molecular weight excluding hydrogens is 647 g/mol. The van der Waals surface area contributed by atoms with Gasteiger partial charge in [0.15, 0.2) is 0 Å². The molecule has 2 aliphatic rings. The molecule has 2 atom stereocenters. The summed E-state index contributed by atoms with van der Waals surface area (Å²) in [6.07, 6.45) is 6.75. The fraction of sp³-hybridized carbons (Fsp3) is 0.324. The number of benzene rings is 2. The van der Waals surface area contributed by atoms with E-state index < -0.39 is 0 Å². The van der Waals surface area contributed by atoms with Gasteiger partial charge in [0.2, 0.25) is 5.91 Å². The Morgan fingerprint density at radius 3 is 2.54 bits per heavy atom. The first-order valence-corrected chi connectivity index (χ1v) is 17.0. The lowest BCUT2D eigenvalue weighted by Crippen LogP contribution is -2.36. The Kier molecular flexibility index (Phi) is 9.66. The number of hydrogen-bond acceptors (Lipinski definition) is 7. The highest BCUT2D eigenvalue weighted by atomic mass is 35.5. The number of carbonyl (C=O) groups is 1. The number of aromatic nitrogens is 3. The zero-order valence-electron chi connectivity index (χ0n) is 27.0. The van der Waals surface area contributed by atoms with E-state index in [0.29, 0.717) is 41.4 Å². The highest BCUT2D eigenvalue weighted by Crippen LogP contribution is 2.42. The number of pyridine rings is 2. The van der Waals surface area contributed by atoms with E-state index in [2.05, 4.69) is 37.8 Å². The van der Waals surface area contributed by atoms with Crippen molar-refractivity contribution < 1.29 is 14.3 Å². The fourth-order valence-electron chi connectivity index (χ4n) is 6.48. The molecule has 248 valence electrons. The molecule has 48 heavy (non-hydrogen) atoms. The zero-order chi connectivity index (χ0) is 33.2. The van der Waals surface area contributed by atoms with Crippen LogP contribution in [0.5, 0.6) is 5.75 Å². The van der Waals surface area contributed by atoms with Crippen LogP contribution in [0.1, 0.15) is 30.4 Å². The maximum Gasteiger partial charge on any atom is 0.220 e. The first-order valence-electron chi connectivity index (χ1n) is 16.3. The van der Waals surface area contributed by atoms with Crippen molar-refractivity contribution in [3.05, 3.63) is 88.2 Å². The van der Waals surface area contributed by atoms with Gasteiger partial charge in [-0.1, -0.05) is 53.5 Å². The second-order valence-corrected chi connectivity index (χ2v) is 13.2. The third-order valence-electron chi connectivity index (χ3n) is 9.19. The third kappa shape index (κ3) is 6.66. The van der Waals surface area contributed by atoms with Crippen molar-refractivity contribution >= 4 is 40.1 Å². The summed E-state index contributed by atoms with van der Waals surface area (Å²) in [4.78, 5) is 21.2. The van der Waals surface area contributed by atoms with E-state index in [-0.39, 0.29) is 11.9 Å². The third-order valence-corrected chi connectivity index (χ3v) is 9.98. The molecule has 7 rings (SSSR count). The van der Waals surface area contributed by atoms with Crippen LogP contribution in [0, 0.1) is 0 Å². The number of hydrogen-bond donors (Lipinski definition) is 3. The number of carbonyl (C=O) groups excluding carboxylic acids is 1. The van der Waals surface area contributed by atoms with Crippen LogP contribution in [-0.2, 0) is 29.7 Å². The maximum absolute atomic E-state index is 11.5. The molecule has 9 nitrogen and oxygen atoms in total. The molecule has 0 saturated carbocycles. The topological polar surface area (TPSA) is 102 Å². The van der Waals surface area contributed by atoms with Crippen LogP contribution in [-0.4, -0.2) is 59.4 Å². The molecule has 5 aromatic rings. The minimum atomic E-state index is 0.113. The minimum Gasteiger partial charge on any atom is -0.496 e. The Morgan fingerprint density at radius 2 is 1.77 bits per heavy atom. The van der Waals surface area contributed by atoms with E-state index in [4.69, 9.17) is 37.7 Å². The van der Waals surface area contributed by atoms with Gasteiger partial charge >= 0.3 is 0 Å². The Bertz CT molecular complexity index is 1970. The van der Waals surface area contributed by atoms with Crippen LogP contribution in [0.2, 0.25) is 10.0 Å². The predicted octanol–water partition coefficient (Wildman–Crippen LogP) is 6.53. The van der Waals surface area contributed by atoms with Gasteiger partial charge in [-0.3, -0.25) is 9.78 Å². The number of amides is 1. The van der Waals surface area contributed by atoms with E-state index in [0.717, 1.165) is 82.8 Å². The Morgan fingerprint density at radius 1 is 0.979 bits per heavy atom. The molecule has 2 aromatic carbocycles. The number of methoxy groups -OCH3 is 1. The van der Waals surface area contributed by atoms with Crippen molar-refractivity contribution in [1.82, 2.24) is 30.5 Å². The van der Waals surface area contributed by atoms with Gasteiger partial charge in [-0.2, -0.15) is 0 Å². The van der Waals surface area contributed by atoms with Crippen LogP contribution in [0.3, 0.4) is 0 Å². The molecule has 2 aliphatic heterocycles. The number of halogens is 2. The Hall–Kier alpha value is -3.99. The van der Waals surface area contributed by atoms with E-state index >= 15 is 0 Å². The molecule has 0 aliphatic carbocycles. The van der Waals surface area contributed by atoms with Crippen molar-refractivity contribution in [1.29, 1.82) is 0 Å². The van der Waals surface area contributed by atoms with Gasteiger partial charge in [0.1, 0.15) is 11.4 Å². The molecule has 3 aromatic heterocycles. The SMILES string of the molecule is COc1cc(-c2nccc(-c3cccc(-c4ccc5c(CNC[C@H]6CCO6)cn(C)c5n4)c3Cl)c2Cl)ccc1CNC[C@H]1CCC(=O)N1. The van der Waals surface area contributed by atoms with Gasteiger partial charge in [-0.15, -0.1) is 0 Å². The second-order valence-electron chi connectivity index (χ2n) is 12.4. The summed E-state index contributed by atoms with van der Waals surface area (Å²) < 4.78 is 13.3. The monoisotopic (exact) mass is 684 g/mol. The van der Waals surface area contributed by atoms with Gasteiger partial charge in [0, 0.05) is 97.9 Å². The average Bonchev–Trinajstić information content (AvgIpc) is 3.64. The summed E-state index contributed by atoms with van der Waals surface area (Å²) in [5.74, 6) is 0.841. The van der Waals surface area contributed by atoms with E-state index in [1.807, 2.05) is 55.6 Å². The van der Waals surface area contributed by atoms with Crippen molar-refractivity contribution in [3.8, 4) is 39.4 Å². The van der Waals surface area contributed by atoms with E-state index in [9.17, 15) is 4.79 Å². The summed E-state index contributed by atoms with van der Waals surface area (Å²) in [5, 5.41) is 12.1. The molecule has 2 fully saturated rings. The molecule has 3 N–H and O–H groups in total. The van der Waals surface area contributed by atoms with Crippen molar-refractivity contribution in [2.75, 3.05) is 26.8 Å². The molecule has 11 heteroatoms. The van der Waals surface area contributed by atoms with E-state index in [1.165, 1.54) is 5.56 Å². The minimum absolute atomic E-state index is 0.113. The molecule has 0 unspecified atom stereocenters. The highest BCUT2D eigenvalue weighted by Gasteiger charge is 2.22. The Labute approximate surface area is 290 Å². The van der Waals surface area contributed by atoms with E-state index in [1.54, 1.807) is 13.3 Å². The lowest BCUT2D eigenvalue weighted by Gasteiger charge is -2.26. The number of nitrogens with one attached hydrogen (secondary N) is 3. The van der Waals surface area contributed by atoms with Crippen LogP contribution < -0.4 is 20.7 Å². The summed E-state index contributed by atoms with van der Waals surface area (Å²) in [5.41, 5.74) is 7.75. The highest BCUT2D eigenvalue weighted by molar-refractivity contribution is 6.39. The summed E-state index contributed by atoms with van der Waals surface area (Å²) in [7, 11) is 3.67. The van der Waals surface area contributed by atoms with Crippen LogP contribution in [0.25, 0.3) is 44.7 Å². The number of rotatable bonds is 12. The quantitative estimate of drug-likeness (QED) is 0.137. The molecule has 2 saturated heterocycles. The smallest absolute Gasteiger partial charge is 0.220 e. The zero-order valence-corrected chi connectivity index (χ0v) is 28.5. The molecular formula is C37H38Cl2N6O3. The van der Waals surface area contributed by atoms with Crippen LogP contribution in [0.15, 0.2) is 67.0 Å². The largest absolute Gasteiger partial charge is 0.496 e. The van der Waals surface area contributed by atoms with Crippen LogP contribution >= 0.6 is 23.2 Å². The fourth-order valence-corrected chi connectivity index (χ4v) is 7.12. The molecule has 0 bridgehead atoms.